The van der Waals surface area contributed by atoms with E-state index in [1.54, 1.807) is 12.1 Å². The van der Waals surface area contributed by atoms with Gasteiger partial charge in [-0.1, -0.05) is 59.3 Å². The molecule has 5 nitrogen and oxygen atoms in total. The van der Waals surface area contributed by atoms with E-state index in [-0.39, 0.29) is 22.1 Å². The van der Waals surface area contributed by atoms with Gasteiger partial charge in [0.1, 0.15) is 17.1 Å². The van der Waals surface area contributed by atoms with E-state index in [4.69, 9.17) is 11.6 Å². The van der Waals surface area contributed by atoms with Gasteiger partial charge >= 0.3 is 0 Å². The highest BCUT2D eigenvalue weighted by Crippen LogP contribution is 2.31. The van der Waals surface area contributed by atoms with E-state index in [0.717, 1.165) is 16.9 Å². The first-order chi connectivity index (χ1) is 14.8. The minimum atomic E-state index is -3.91. The van der Waals surface area contributed by atoms with E-state index < -0.39 is 27.3 Å². The van der Waals surface area contributed by atoms with Gasteiger partial charge < -0.3 is 0 Å². The lowest BCUT2D eigenvalue weighted by Crippen LogP contribution is -2.35. The standard InChI is InChI=1S/C22H16ClFN2O3S2/c23-16-9-11-17(12-10-16)31(28,29)14-20(27)26(13-15-5-2-1-3-6-15)22-25-21-18(24)7-4-8-19(21)30-22/h1-12H,13-14H2. The molecule has 158 valence electrons. The van der Waals surface area contributed by atoms with Crippen molar-refractivity contribution in [1.29, 1.82) is 0 Å². The zero-order chi connectivity index (χ0) is 22.0. The van der Waals surface area contributed by atoms with Crippen LogP contribution in [0.25, 0.3) is 10.2 Å². The Kier molecular flexibility index (Phi) is 6.04. The minimum Gasteiger partial charge on any atom is -0.283 e. The first-order valence-electron chi connectivity index (χ1n) is 9.21. The number of sulfone groups is 1. The average molecular weight is 475 g/mol. The van der Waals surface area contributed by atoms with Crippen LogP contribution >= 0.6 is 22.9 Å². The molecule has 0 spiro atoms. The number of nitrogens with zero attached hydrogens (tertiary/aromatic N) is 2. The highest BCUT2D eigenvalue weighted by molar-refractivity contribution is 7.92. The molecule has 0 bridgehead atoms. The van der Waals surface area contributed by atoms with Crippen molar-refractivity contribution in [2.24, 2.45) is 0 Å². The third kappa shape index (κ3) is 4.76. The Balaban J connectivity index is 1.70. The monoisotopic (exact) mass is 474 g/mol. The smallest absolute Gasteiger partial charge is 0.244 e. The van der Waals surface area contributed by atoms with Crippen LogP contribution in [0.2, 0.25) is 5.02 Å². The van der Waals surface area contributed by atoms with Crippen molar-refractivity contribution in [3.63, 3.8) is 0 Å². The molecule has 0 aliphatic carbocycles. The number of thiazole rings is 1. The molecule has 4 rings (SSSR count). The third-order valence-corrected chi connectivity index (χ3v) is 7.47. The van der Waals surface area contributed by atoms with Crippen LogP contribution in [0, 0.1) is 5.82 Å². The molecule has 3 aromatic carbocycles. The van der Waals surface area contributed by atoms with Gasteiger partial charge in [0.25, 0.3) is 0 Å². The summed E-state index contributed by atoms with van der Waals surface area (Å²) in [5.74, 6) is -1.90. The second-order valence-electron chi connectivity index (χ2n) is 6.76. The van der Waals surface area contributed by atoms with E-state index in [9.17, 15) is 17.6 Å². The number of benzene rings is 3. The average Bonchev–Trinajstić information content (AvgIpc) is 3.18. The summed E-state index contributed by atoms with van der Waals surface area (Å²) in [5.41, 5.74) is 0.938. The number of carbonyl (C=O) groups excluding carboxylic acids is 1. The topological polar surface area (TPSA) is 67.3 Å². The Bertz CT molecular complexity index is 1340. The lowest BCUT2D eigenvalue weighted by atomic mass is 10.2. The summed E-state index contributed by atoms with van der Waals surface area (Å²) in [6, 6.07) is 19.3. The van der Waals surface area contributed by atoms with Gasteiger partial charge in [-0.05, 0) is 42.0 Å². The van der Waals surface area contributed by atoms with Crippen LogP contribution in [0.1, 0.15) is 5.56 Å². The predicted octanol–water partition coefficient (Wildman–Crippen LogP) is 5.10. The maximum atomic E-state index is 14.2. The number of anilines is 1. The van der Waals surface area contributed by atoms with Crippen LogP contribution in [0.5, 0.6) is 0 Å². The molecule has 0 saturated heterocycles. The molecule has 31 heavy (non-hydrogen) atoms. The maximum absolute atomic E-state index is 14.2. The molecule has 0 saturated carbocycles. The van der Waals surface area contributed by atoms with Gasteiger partial charge in [0.05, 0.1) is 16.1 Å². The Morgan fingerprint density at radius 2 is 1.71 bits per heavy atom. The molecule has 0 aliphatic heterocycles. The van der Waals surface area contributed by atoms with Gasteiger partial charge in [-0.3, -0.25) is 9.69 Å². The summed E-state index contributed by atoms with van der Waals surface area (Å²) in [5, 5.41) is 0.632. The number of hydrogen-bond donors (Lipinski definition) is 0. The summed E-state index contributed by atoms with van der Waals surface area (Å²) in [6.07, 6.45) is 0. The van der Waals surface area contributed by atoms with Crippen LogP contribution in [-0.2, 0) is 21.2 Å². The lowest BCUT2D eigenvalue weighted by Gasteiger charge is -2.20. The number of rotatable bonds is 6. The van der Waals surface area contributed by atoms with E-state index in [1.165, 1.54) is 35.2 Å². The maximum Gasteiger partial charge on any atom is 0.244 e. The van der Waals surface area contributed by atoms with Crippen molar-refractivity contribution in [2.75, 3.05) is 10.7 Å². The molecule has 0 N–H and O–H groups in total. The Morgan fingerprint density at radius 1 is 1.00 bits per heavy atom. The highest BCUT2D eigenvalue weighted by Gasteiger charge is 2.27. The van der Waals surface area contributed by atoms with Gasteiger partial charge in [-0.15, -0.1) is 0 Å². The van der Waals surface area contributed by atoms with E-state index in [1.807, 2.05) is 30.3 Å². The molecular weight excluding hydrogens is 459 g/mol. The second-order valence-corrected chi connectivity index (χ2v) is 10.2. The van der Waals surface area contributed by atoms with Gasteiger partial charge in [0, 0.05) is 5.02 Å². The predicted molar refractivity (Wildman–Crippen MR) is 121 cm³/mol. The number of fused-ring (bicyclic) bond motifs is 1. The molecule has 0 aliphatic rings. The zero-order valence-corrected chi connectivity index (χ0v) is 18.4. The normalized spacial score (nSPS) is 11.5. The first-order valence-corrected chi connectivity index (χ1v) is 12.1. The minimum absolute atomic E-state index is 0.000237. The second kappa shape index (κ2) is 8.74. The molecule has 1 heterocycles. The van der Waals surface area contributed by atoms with Crippen molar-refractivity contribution in [1.82, 2.24) is 4.98 Å². The van der Waals surface area contributed by atoms with Crippen LogP contribution in [0.15, 0.2) is 77.7 Å². The SMILES string of the molecule is O=C(CS(=O)(=O)c1ccc(Cl)cc1)N(Cc1ccccc1)c1nc2c(F)cccc2s1. The van der Waals surface area contributed by atoms with Crippen molar-refractivity contribution in [3.8, 4) is 0 Å². The fourth-order valence-corrected chi connectivity index (χ4v) is 5.33. The van der Waals surface area contributed by atoms with E-state index in [2.05, 4.69) is 4.98 Å². The molecule has 0 radical (unpaired) electrons. The van der Waals surface area contributed by atoms with Gasteiger partial charge in [0.2, 0.25) is 5.91 Å². The number of hydrogen-bond acceptors (Lipinski definition) is 5. The number of amides is 1. The van der Waals surface area contributed by atoms with Crippen molar-refractivity contribution in [2.45, 2.75) is 11.4 Å². The van der Waals surface area contributed by atoms with Gasteiger partial charge in [-0.25, -0.2) is 17.8 Å². The van der Waals surface area contributed by atoms with Crippen LogP contribution in [-0.4, -0.2) is 25.1 Å². The van der Waals surface area contributed by atoms with Crippen LogP contribution in [0.3, 0.4) is 0 Å². The fraction of sp³-hybridized carbons (Fsp3) is 0.0909. The van der Waals surface area contributed by atoms with Crippen LogP contribution in [0.4, 0.5) is 9.52 Å². The number of aromatic nitrogens is 1. The molecule has 0 unspecified atom stereocenters. The van der Waals surface area contributed by atoms with Gasteiger partial charge in [0.15, 0.2) is 15.0 Å². The molecule has 1 aromatic heterocycles. The Labute approximate surface area is 187 Å². The van der Waals surface area contributed by atoms with E-state index >= 15 is 0 Å². The van der Waals surface area contributed by atoms with Crippen molar-refractivity contribution in [3.05, 3.63) is 89.2 Å². The number of halogens is 2. The zero-order valence-electron chi connectivity index (χ0n) is 16.0. The molecule has 0 fully saturated rings. The molecule has 9 heteroatoms. The molecule has 0 atom stereocenters. The lowest BCUT2D eigenvalue weighted by molar-refractivity contribution is -0.116. The fourth-order valence-electron chi connectivity index (χ4n) is 3.01. The number of carbonyl (C=O) groups is 1. The summed E-state index contributed by atoms with van der Waals surface area (Å²) >= 11 is 6.96. The molecular formula is C22H16ClFN2O3S2. The highest BCUT2D eigenvalue weighted by atomic mass is 35.5. The van der Waals surface area contributed by atoms with Gasteiger partial charge in [-0.2, -0.15) is 0 Å². The summed E-state index contributed by atoms with van der Waals surface area (Å²) in [4.78, 5) is 18.7. The number of para-hydroxylation sites is 1. The first kappa shape index (κ1) is 21.4. The van der Waals surface area contributed by atoms with Crippen molar-refractivity contribution >= 4 is 54.0 Å². The largest absolute Gasteiger partial charge is 0.283 e. The Morgan fingerprint density at radius 3 is 2.39 bits per heavy atom. The molecule has 4 aromatic rings. The summed E-state index contributed by atoms with van der Waals surface area (Å²) in [6.45, 7) is 0.108. The van der Waals surface area contributed by atoms with E-state index in [0.29, 0.717) is 9.72 Å². The molecule has 1 amide bonds. The third-order valence-electron chi connectivity index (χ3n) is 4.56. The quantitative estimate of drug-likeness (QED) is 0.390. The Hall–Kier alpha value is -2.81. The van der Waals surface area contributed by atoms with Crippen LogP contribution < -0.4 is 4.90 Å². The summed E-state index contributed by atoms with van der Waals surface area (Å²) in [7, 11) is -3.91. The van der Waals surface area contributed by atoms with Crippen molar-refractivity contribution < 1.29 is 17.6 Å². The summed E-state index contributed by atoms with van der Waals surface area (Å²) < 4.78 is 40.3.